The molecule has 17 heteroatoms. The zero-order chi connectivity index (χ0) is 29.9. The van der Waals surface area contributed by atoms with Crippen LogP contribution in [0.3, 0.4) is 0 Å². The Balaban J connectivity index is 1.60. The van der Waals surface area contributed by atoms with E-state index in [9.17, 15) is 28.6 Å². The second-order valence-corrected chi connectivity index (χ2v) is 11.2. The highest BCUT2D eigenvalue weighted by molar-refractivity contribution is 7.47. The van der Waals surface area contributed by atoms with Gasteiger partial charge >= 0.3 is 13.8 Å². The van der Waals surface area contributed by atoms with Crippen molar-refractivity contribution in [2.24, 2.45) is 5.92 Å². The normalized spacial score (nSPS) is 20.1. The van der Waals surface area contributed by atoms with Crippen molar-refractivity contribution in [1.29, 1.82) is 0 Å². The first-order chi connectivity index (χ1) is 19.3. The third-order valence-electron chi connectivity index (χ3n) is 5.77. The van der Waals surface area contributed by atoms with Crippen LogP contribution < -0.4 is 15.4 Å². The van der Waals surface area contributed by atoms with Gasteiger partial charge in [0, 0.05) is 23.8 Å². The number of rotatable bonds is 11. The van der Waals surface area contributed by atoms with Crippen molar-refractivity contribution >= 4 is 54.2 Å². The zero-order valence-corrected chi connectivity index (χ0v) is 23.8. The molecule has 1 fully saturated rings. The van der Waals surface area contributed by atoms with Crippen LogP contribution in [0, 0.1) is 5.92 Å². The number of nitrogens with one attached hydrogen (secondary N) is 2. The molecule has 1 saturated heterocycles. The summed E-state index contributed by atoms with van der Waals surface area (Å²) in [6, 6.07) is 5.58. The van der Waals surface area contributed by atoms with E-state index in [1.807, 2.05) is 0 Å². The van der Waals surface area contributed by atoms with Gasteiger partial charge in [0.25, 0.3) is 5.56 Å². The Hall–Kier alpha value is -3.62. The number of esters is 1. The van der Waals surface area contributed by atoms with E-state index < -0.39 is 38.0 Å². The number of anilines is 1. The lowest BCUT2D eigenvalue weighted by Crippen LogP contribution is -2.29. The molecule has 220 valence electrons. The Morgan fingerprint density at radius 1 is 1.27 bits per heavy atom. The van der Waals surface area contributed by atoms with Crippen molar-refractivity contribution in [3.8, 4) is 5.75 Å². The molecule has 3 heterocycles. The van der Waals surface area contributed by atoms with Gasteiger partial charge in [0.15, 0.2) is 17.3 Å². The smallest absolute Gasteiger partial charge is 0.457 e. The largest absolute Gasteiger partial charge is 0.529 e. The van der Waals surface area contributed by atoms with Gasteiger partial charge in [-0.2, -0.15) is 4.98 Å². The molecule has 1 amide bonds. The number of carbonyl (C=O) groups excluding carboxylic acids is 3. The van der Waals surface area contributed by atoms with Crippen LogP contribution in [-0.2, 0) is 32.9 Å². The Morgan fingerprint density at radius 3 is 2.63 bits per heavy atom. The standard InChI is InChI=1S/C24H27ClN5O10P/c1-12(2)21(33)28-24-27-20-19(22(34)29-24)26-11-30(20)17-10-16(37-18(32)9-4-13(3)31)23(38-17)40-41(35,36)39-15-7-5-14(25)6-8-15/h5-8,11-12,16-17,23H,4,9-10H2,1-3H3,(H,35,36)(H2,27,28,29,33,34)/t16-,17-,23+/m1/s1. The average molecular weight is 612 g/mol. The molecule has 2 aromatic heterocycles. The van der Waals surface area contributed by atoms with E-state index >= 15 is 0 Å². The first-order valence-electron chi connectivity index (χ1n) is 12.4. The molecule has 1 aliphatic heterocycles. The summed E-state index contributed by atoms with van der Waals surface area (Å²) >= 11 is 5.83. The number of H-pyrrole nitrogens is 1. The van der Waals surface area contributed by atoms with Crippen LogP contribution in [0.15, 0.2) is 35.4 Å². The molecule has 1 aliphatic rings. The number of aromatic nitrogens is 4. The van der Waals surface area contributed by atoms with Crippen molar-refractivity contribution in [3.05, 3.63) is 46.0 Å². The molecule has 0 spiro atoms. The second-order valence-electron chi connectivity index (χ2n) is 9.43. The first kappa shape index (κ1) is 30.3. The second kappa shape index (κ2) is 12.5. The van der Waals surface area contributed by atoms with E-state index in [-0.39, 0.29) is 59.7 Å². The van der Waals surface area contributed by atoms with Gasteiger partial charge in [0.2, 0.25) is 18.1 Å². The number of fused-ring (bicyclic) bond motifs is 1. The highest BCUT2D eigenvalue weighted by atomic mass is 35.5. The fraction of sp³-hybridized carbons (Fsp3) is 0.417. The van der Waals surface area contributed by atoms with Crippen LogP contribution in [0.1, 0.15) is 46.3 Å². The van der Waals surface area contributed by atoms with E-state index in [1.165, 1.54) is 42.1 Å². The lowest BCUT2D eigenvalue weighted by atomic mass is 10.2. The van der Waals surface area contributed by atoms with Gasteiger partial charge in [-0.3, -0.25) is 34.1 Å². The summed E-state index contributed by atoms with van der Waals surface area (Å²) in [6.07, 6.45) is -3.06. The monoisotopic (exact) mass is 611 g/mol. The number of hydrogen-bond donors (Lipinski definition) is 3. The van der Waals surface area contributed by atoms with Crippen LogP contribution in [-0.4, -0.2) is 54.5 Å². The minimum absolute atomic E-state index is 0.0182. The summed E-state index contributed by atoms with van der Waals surface area (Å²) < 4.78 is 35.7. The Labute approximate surface area is 237 Å². The molecular weight excluding hydrogens is 585 g/mol. The molecule has 4 rings (SSSR count). The molecule has 3 aromatic rings. The maximum atomic E-state index is 12.8. The van der Waals surface area contributed by atoms with Crippen molar-refractivity contribution in [3.63, 3.8) is 0 Å². The Kier molecular flexibility index (Phi) is 9.24. The van der Waals surface area contributed by atoms with E-state index in [4.69, 9.17) is 30.1 Å². The molecule has 15 nitrogen and oxygen atoms in total. The predicted molar refractivity (Wildman–Crippen MR) is 143 cm³/mol. The molecule has 0 aliphatic carbocycles. The van der Waals surface area contributed by atoms with Crippen molar-refractivity contribution < 1.29 is 42.4 Å². The SMILES string of the molecule is CC(=O)CCC(=O)O[C@@H]1C[C@H](n2cnc3c(=O)[nH]c(NC(=O)C(C)C)nc32)O[C@H]1OP(=O)(O)Oc1ccc(Cl)cc1. The zero-order valence-electron chi connectivity index (χ0n) is 22.1. The van der Waals surface area contributed by atoms with Gasteiger partial charge in [0.1, 0.15) is 17.8 Å². The third kappa shape index (κ3) is 7.77. The number of ether oxygens (including phenoxy) is 2. The predicted octanol–water partition coefficient (Wildman–Crippen LogP) is 3.09. The van der Waals surface area contributed by atoms with E-state index in [0.29, 0.717) is 5.02 Å². The van der Waals surface area contributed by atoms with Gasteiger partial charge in [-0.05, 0) is 31.2 Å². The number of phosphoric acid groups is 1. The number of amides is 1. The number of phosphoric ester groups is 1. The van der Waals surface area contributed by atoms with E-state index in [0.717, 1.165) is 0 Å². The van der Waals surface area contributed by atoms with Crippen LogP contribution in [0.25, 0.3) is 11.2 Å². The first-order valence-corrected chi connectivity index (χ1v) is 14.3. The number of hydrogen-bond acceptors (Lipinski definition) is 11. The number of ketones is 1. The lowest BCUT2D eigenvalue weighted by Gasteiger charge is -2.21. The van der Waals surface area contributed by atoms with Gasteiger partial charge in [-0.25, -0.2) is 14.1 Å². The Morgan fingerprint density at radius 2 is 1.98 bits per heavy atom. The average Bonchev–Trinajstić information content (AvgIpc) is 3.47. The van der Waals surface area contributed by atoms with Gasteiger partial charge in [-0.1, -0.05) is 25.4 Å². The maximum Gasteiger partial charge on any atom is 0.529 e. The highest BCUT2D eigenvalue weighted by Gasteiger charge is 2.45. The van der Waals surface area contributed by atoms with Crippen LogP contribution in [0.4, 0.5) is 5.95 Å². The molecule has 41 heavy (non-hydrogen) atoms. The maximum absolute atomic E-state index is 12.8. The molecule has 1 aromatic carbocycles. The minimum Gasteiger partial charge on any atom is -0.457 e. The van der Waals surface area contributed by atoms with Gasteiger partial charge in [0.05, 0.1) is 12.7 Å². The number of benzene rings is 1. The summed E-state index contributed by atoms with van der Waals surface area (Å²) in [5, 5.41) is 2.88. The number of carbonyl (C=O) groups is 3. The third-order valence-corrected chi connectivity index (χ3v) is 6.94. The highest BCUT2D eigenvalue weighted by Crippen LogP contribution is 2.48. The summed E-state index contributed by atoms with van der Waals surface area (Å²) in [7, 11) is -4.84. The Bertz CT molecular complexity index is 1560. The molecule has 4 atom stereocenters. The van der Waals surface area contributed by atoms with Crippen LogP contribution in [0.2, 0.25) is 5.02 Å². The fourth-order valence-electron chi connectivity index (χ4n) is 3.73. The van der Waals surface area contributed by atoms with Gasteiger partial charge in [-0.15, -0.1) is 0 Å². The molecule has 0 bridgehead atoms. The quantitative estimate of drug-likeness (QED) is 0.212. The fourth-order valence-corrected chi connectivity index (χ4v) is 4.73. The number of halogens is 1. The molecule has 0 radical (unpaired) electrons. The number of aromatic amines is 1. The number of Topliss-reactive ketones (excluding diaryl/α,β-unsaturated/α-hetero) is 1. The van der Waals surface area contributed by atoms with Gasteiger partial charge < -0.3 is 18.8 Å². The lowest BCUT2D eigenvalue weighted by molar-refractivity contribution is -0.169. The van der Waals surface area contributed by atoms with Crippen molar-refractivity contribution in [2.75, 3.05) is 5.32 Å². The van der Waals surface area contributed by atoms with Crippen molar-refractivity contribution in [2.45, 2.75) is 58.7 Å². The van der Waals surface area contributed by atoms with E-state index in [2.05, 4.69) is 20.3 Å². The number of nitrogens with zero attached hydrogens (tertiary/aromatic N) is 3. The summed E-state index contributed by atoms with van der Waals surface area (Å²) in [4.78, 5) is 69.6. The van der Waals surface area contributed by atoms with Crippen molar-refractivity contribution in [1.82, 2.24) is 19.5 Å². The minimum atomic E-state index is -4.84. The molecular formula is C24H27ClN5O10P. The molecule has 1 unspecified atom stereocenters. The summed E-state index contributed by atoms with van der Waals surface area (Å²) in [6.45, 7) is 4.65. The molecule has 3 N–H and O–H groups in total. The molecule has 0 saturated carbocycles. The van der Waals surface area contributed by atoms with Crippen LogP contribution in [0.5, 0.6) is 5.75 Å². The summed E-state index contributed by atoms with van der Waals surface area (Å²) in [5.41, 5.74) is -0.693. The van der Waals surface area contributed by atoms with Crippen LogP contribution >= 0.6 is 19.4 Å². The topological polar surface area (TPSA) is 201 Å². The number of imidazole rings is 1. The van der Waals surface area contributed by atoms with E-state index in [1.54, 1.807) is 13.8 Å². The summed E-state index contributed by atoms with van der Waals surface area (Å²) in [5.74, 6) is -1.92.